The van der Waals surface area contributed by atoms with Gasteiger partial charge in [0.2, 0.25) is 0 Å². The van der Waals surface area contributed by atoms with Crippen molar-refractivity contribution in [2.75, 3.05) is 6.61 Å². The average Bonchev–Trinajstić information content (AvgIpc) is 2.88. The van der Waals surface area contributed by atoms with Crippen LogP contribution in [0.25, 0.3) is 6.08 Å². The van der Waals surface area contributed by atoms with Crippen LogP contribution in [0.2, 0.25) is 0 Å². The van der Waals surface area contributed by atoms with Crippen molar-refractivity contribution in [2.24, 2.45) is 0 Å². The van der Waals surface area contributed by atoms with E-state index in [9.17, 15) is 0 Å². The first-order chi connectivity index (χ1) is 8.45. The summed E-state index contributed by atoms with van der Waals surface area (Å²) in [6.07, 6.45) is 8.44. The third-order valence-corrected chi connectivity index (χ3v) is 2.39. The summed E-state index contributed by atoms with van der Waals surface area (Å²) in [5.74, 6) is 0. The summed E-state index contributed by atoms with van der Waals surface area (Å²) in [5.41, 5.74) is 2.30. The third-order valence-electron chi connectivity index (χ3n) is 2.39. The molecule has 1 aromatic heterocycles. The molecule has 0 aliphatic rings. The molecule has 0 atom stereocenters. The molecule has 0 amide bonds. The molecular formula is C15H16O2. The van der Waals surface area contributed by atoms with Gasteiger partial charge in [0, 0.05) is 5.56 Å². The zero-order valence-electron chi connectivity index (χ0n) is 9.71. The van der Waals surface area contributed by atoms with Gasteiger partial charge >= 0.3 is 0 Å². The van der Waals surface area contributed by atoms with E-state index in [1.807, 2.05) is 30.3 Å². The van der Waals surface area contributed by atoms with Crippen LogP contribution in [-0.2, 0) is 11.3 Å². The topological polar surface area (TPSA) is 22.4 Å². The molecule has 0 bridgehead atoms. The fraction of sp³-hybridized carbons (Fsp3) is 0.200. The molecule has 0 saturated carbocycles. The quantitative estimate of drug-likeness (QED) is 0.700. The minimum absolute atomic E-state index is 0.681. The van der Waals surface area contributed by atoms with Gasteiger partial charge in [-0.25, -0.2) is 0 Å². The second kappa shape index (κ2) is 6.71. The first-order valence-corrected chi connectivity index (χ1v) is 5.75. The van der Waals surface area contributed by atoms with Crippen molar-refractivity contribution in [1.82, 2.24) is 0 Å². The summed E-state index contributed by atoms with van der Waals surface area (Å²) in [6.45, 7) is 1.42. The molecule has 2 heteroatoms. The highest BCUT2D eigenvalue weighted by Gasteiger charge is 1.90. The molecule has 0 aliphatic heterocycles. The fourth-order valence-corrected chi connectivity index (χ4v) is 1.50. The van der Waals surface area contributed by atoms with E-state index in [4.69, 9.17) is 9.15 Å². The number of hydrogen-bond donors (Lipinski definition) is 0. The summed E-state index contributed by atoms with van der Waals surface area (Å²) in [6, 6.07) is 12.1. The number of hydrogen-bond acceptors (Lipinski definition) is 2. The summed E-state index contributed by atoms with van der Waals surface area (Å²) in [4.78, 5) is 0. The maximum atomic E-state index is 5.56. The Morgan fingerprint density at radius 3 is 2.76 bits per heavy atom. The minimum atomic E-state index is 0.681. The Hall–Kier alpha value is -1.80. The molecule has 0 unspecified atom stereocenters. The number of ether oxygens (including phenoxy) is 1. The molecule has 0 aliphatic carbocycles. The Morgan fingerprint density at radius 2 is 2.00 bits per heavy atom. The lowest BCUT2D eigenvalue weighted by atomic mass is 10.2. The Labute approximate surface area is 102 Å². The number of furan rings is 1. The first-order valence-electron chi connectivity index (χ1n) is 5.75. The molecule has 2 aromatic rings. The standard InChI is InChI=1S/C15H16O2/c1-2-6-14(7-3-1)12-16-10-5-4-8-15-9-11-17-13-15/h1-4,6-9,11,13H,5,10,12H2. The molecular weight excluding hydrogens is 212 g/mol. The Balaban J connectivity index is 1.61. The maximum absolute atomic E-state index is 5.56. The van der Waals surface area contributed by atoms with Crippen LogP contribution in [0.5, 0.6) is 0 Å². The van der Waals surface area contributed by atoms with E-state index >= 15 is 0 Å². The van der Waals surface area contributed by atoms with Gasteiger partial charge in [0.15, 0.2) is 0 Å². The zero-order chi connectivity index (χ0) is 11.8. The molecule has 1 heterocycles. The summed E-state index contributed by atoms with van der Waals surface area (Å²) >= 11 is 0. The minimum Gasteiger partial charge on any atom is -0.472 e. The zero-order valence-corrected chi connectivity index (χ0v) is 9.71. The van der Waals surface area contributed by atoms with Gasteiger partial charge in [0.25, 0.3) is 0 Å². The Kier molecular flexibility index (Phi) is 4.61. The summed E-state index contributed by atoms with van der Waals surface area (Å²) < 4.78 is 10.5. The van der Waals surface area contributed by atoms with Gasteiger partial charge in [-0.15, -0.1) is 0 Å². The van der Waals surface area contributed by atoms with Crippen molar-refractivity contribution < 1.29 is 9.15 Å². The van der Waals surface area contributed by atoms with Crippen LogP contribution < -0.4 is 0 Å². The molecule has 88 valence electrons. The van der Waals surface area contributed by atoms with Crippen LogP contribution >= 0.6 is 0 Å². The molecule has 0 fully saturated rings. The highest BCUT2D eigenvalue weighted by Crippen LogP contribution is 2.04. The lowest BCUT2D eigenvalue weighted by molar-refractivity contribution is 0.125. The normalized spacial score (nSPS) is 11.1. The van der Waals surface area contributed by atoms with Gasteiger partial charge in [0.1, 0.15) is 0 Å². The Bertz CT molecular complexity index is 429. The summed E-state index contributed by atoms with van der Waals surface area (Å²) in [5, 5.41) is 0. The fourth-order valence-electron chi connectivity index (χ4n) is 1.50. The molecule has 2 rings (SSSR count). The SMILES string of the molecule is C(=Cc1ccoc1)CCOCc1ccccc1. The predicted octanol–water partition coefficient (Wildman–Crippen LogP) is 3.90. The van der Waals surface area contributed by atoms with Crippen LogP contribution in [0.15, 0.2) is 59.4 Å². The van der Waals surface area contributed by atoms with Gasteiger partial charge in [-0.3, -0.25) is 0 Å². The van der Waals surface area contributed by atoms with E-state index in [1.165, 1.54) is 5.56 Å². The molecule has 1 aromatic carbocycles. The summed E-state index contributed by atoms with van der Waals surface area (Å²) in [7, 11) is 0. The van der Waals surface area contributed by atoms with Crippen molar-refractivity contribution in [3.05, 3.63) is 66.1 Å². The van der Waals surface area contributed by atoms with Crippen molar-refractivity contribution >= 4 is 6.08 Å². The van der Waals surface area contributed by atoms with E-state index in [-0.39, 0.29) is 0 Å². The monoisotopic (exact) mass is 228 g/mol. The lowest BCUT2D eigenvalue weighted by Gasteiger charge is -2.01. The van der Waals surface area contributed by atoms with Gasteiger partial charge in [0.05, 0.1) is 25.7 Å². The molecule has 0 spiro atoms. The molecule has 0 N–H and O–H groups in total. The van der Waals surface area contributed by atoms with Gasteiger partial charge in [-0.05, 0) is 18.1 Å². The van der Waals surface area contributed by atoms with Crippen LogP contribution in [0.3, 0.4) is 0 Å². The average molecular weight is 228 g/mol. The molecule has 2 nitrogen and oxygen atoms in total. The van der Waals surface area contributed by atoms with Crippen LogP contribution in [0.1, 0.15) is 17.5 Å². The highest BCUT2D eigenvalue weighted by atomic mass is 16.5. The second-order valence-electron chi connectivity index (χ2n) is 3.79. The molecule has 0 saturated heterocycles. The first kappa shape index (κ1) is 11.7. The smallest absolute Gasteiger partial charge is 0.0974 e. The van der Waals surface area contributed by atoms with E-state index in [1.54, 1.807) is 12.5 Å². The molecule has 0 radical (unpaired) electrons. The second-order valence-corrected chi connectivity index (χ2v) is 3.79. The van der Waals surface area contributed by atoms with Crippen molar-refractivity contribution in [3.8, 4) is 0 Å². The number of benzene rings is 1. The van der Waals surface area contributed by atoms with E-state index in [0.717, 1.165) is 18.6 Å². The van der Waals surface area contributed by atoms with Gasteiger partial charge in [-0.2, -0.15) is 0 Å². The molecule has 17 heavy (non-hydrogen) atoms. The van der Waals surface area contributed by atoms with E-state index < -0.39 is 0 Å². The maximum Gasteiger partial charge on any atom is 0.0974 e. The van der Waals surface area contributed by atoms with Crippen molar-refractivity contribution in [2.45, 2.75) is 13.0 Å². The number of rotatable bonds is 6. The predicted molar refractivity (Wildman–Crippen MR) is 68.5 cm³/mol. The third kappa shape index (κ3) is 4.29. The Morgan fingerprint density at radius 1 is 1.12 bits per heavy atom. The van der Waals surface area contributed by atoms with Crippen molar-refractivity contribution in [3.63, 3.8) is 0 Å². The van der Waals surface area contributed by atoms with E-state index in [0.29, 0.717) is 6.61 Å². The largest absolute Gasteiger partial charge is 0.472 e. The lowest BCUT2D eigenvalue weighted by Crippen LogP contribution is -1.93. The van der Waals surface area contributed by atoms with Crippen LogP contribution in [0, 0.1) is 0 Å². The van der Waals surface area contributed by atoms with Crippen LogP contribution in [0.4, 0.5) is 0 Å². The van der Waals surface area contributed by atoms with E-state index in [2.05, 4.69) is 18.2 Å². The van der Waals surface area contributed by atoms with Crippen molar-refractivity contribution in [1.29, 1.82) is 0 Å². The van der Waals surface area contributed by atoms with Gasteiger partial charge in [-0.1, -0.05) is 42.5 Å². The van der Waals surface area contributed by atoms with Crippen LogP contribution in [-0.4, -0.2) is 6.61 Å². The highest BCUT2D eigenvalue weighted by molar-refractivity contribution is 5.46. The van der Waals surface area contributed by atoms with Gasteiger partial charge < -0.3 is 9.15 Å².